The van der Waals surface area contributed by atoms with Crippen LogP contribution in [-0.4, -0.2) is 37.4 Å². The van der Waals surface area contributed by atoms with E-state index in [0.29, 0.717) is 13.1 Å². The molecule has 20 heavy (non-hydrogen) atoms. The number of benzene rings is 1. The number of hydrogen-bond donors (Lipinski definition) is 1. The smallest absolute Gasteiger partial charge is 0.153 e. The van der Waals surface area contributed by atoms with Crippen LogP contribution in [0.15, 0.2) is 24.3 Å². The standard InChI is InChI=1S/C15H26N2O2S/c1-4-17(9-10-20(18,19)13(2)3)12-15-8-6-5-7-14(15)11-16/h5-8,13H,4,9-12,16H2,1-3H3. The third kappa shape index (κ3) is 4.89. The lowest BCUT2D eigenvalue weighted by Gasteiger charge is -2.22. The van der Waals surface area contributed by atoms with Gasteiger partial charge in [-0.05, 0) is 31.5 Å². The molecule has 0 unspecified atom stereocenters. The molecule has 0 amide bonds. The monoisotopic (exact) mass is 298 g/mol. The van der Waals surface area contributed by atoms with Gasteiger partial charge in [0.05, 0.1) is 11.0 Å². The van der Waals surface area contributed by atoms with Crippen molar-refractivity contribution in [3.05, 3.63) is 35.4 Å². The van der Waals surface area contributed by atoms with Crippen LogP contribution in [0, 0.1) is 0 Å². The lowest BCUT2D eigenvalue weighted by atomic mass is 10.1. The van der Waals surface area contributed by atoms with Crippen LogP contribution in [0.4, 0.5) is 0 Å². The van der Waals surface area contributed by atoms with Crippen molar-refractivity contribution in [2.75, 3.05) is 18.8 Å². The summed E-state index contributed by atoms with van der Waals surface area (Å²) in [6, 6.07) is 8.05. The highest BCUT2D eigenvalue weighted by Gasteiger charge is 2.17. The van der Waals surface area contributed by atoms with E-state index in [1.807, 2.05) is 25.1 Å². The van der Waals surface area contributed by atoms with Crippen molar-refractivity contribution < 1.29 is 8.42 Å². The fourth-order valence-electron chi connectivity index (χ4n) is 1.99. The Kier molecular flexibility index (Phi) is 6.65. The average molecular weight is 298 g/mol. The summed E-state index contributed by atoms with van der Waals surface area (Å²) in [5.41, 5.74) is 8.04. The minimum Gasteiger partial charge on any atom is -0.326 e. The van der Waals surface area contributed by atoms with Gasteiger partial charge in [-0.1, -0.05) is 31.2 Å². The van der Waals surface area contributed by atoms with Gasteiger partial charge in [0.1, 0.15) is 0 Å². The van der Waals surface area contributed by atoms with Crippen LogP contribution in [0.5, 0.6) is 0 Å². The van der Waals surface area contributed by atoms with Crippen molar-refractivity contribution in [1.82, 2.24) is 4.90 Å². The second-order valence-corrected chi connectivity index (χ2v) is 7.93. The molecule has 0 radical (unpaired) electrons. The fourth-order valence-corrected chi connectivity index (χ4v) is 2.98. The molecule has 0 aromatic heterocycles. The summed E-state index contributed by atoms with van der Waals surface area (Å²) in [6.45, 7) is 8.16. The molecule has 0 heterocycles. The number of nitrogens with zero attached hydrogens (tertiary/aromatic N) is 1. The maximum Gasteiger partial charge on any atom is 0.153 e. The van der Waals surface area contributed by atoms with Gasteiger partial charge in [-0.3, -0.25) is 4.90 Å². The van der Waals surface area contributed by atoms with Crippen LogP contribution in [0.3, 0.4) is 0 Å². The second-order valence-electron chi connectivity index (χ2n) is 5.26. The van der Waals surface area contributed by atoms with Gasteiger partial charge >= 0.3 is 0 Å². The Bertz CT molecular complexity index is 512. The predicted octanol–water partition coefficient (Wildman–Crippen LogP) is 1.79. The van der Waals surface area contributed by atoms with E-state index >= 15 is 0 Å². The molecule has 4 nitrogen and oxygen atoms in total. The average Bonchev–Trinajstić information content (AvgIpc) is 2.43. The summed E-state index contributed by atoms with van der Waals surface area (Å²) >= 11 is 0. The molecule has 1 aromatic carbocycles. The second kappa shape index (κ2) is 7.76. The van der Waals surface area contributed by atoms with Gasteiger partial charge in [0.25, 0.3) is 0 Å². The van der Waals surface area contributed by atoms with E-state index < -0.39 is 9.84 Å². The summed E-state index contributed by atoms with van der Waals surface area (Å²) in [5.74, 6) is 0.212. The normalized spacial score (nSPS) is 12.3. The first kappa shape index (κ1) is 17.1. The van der Waals surface area contributed by atoms with Gasteiger partial charge in [-0.25, -0.2) is 8.42 Å². The van der Waals surface area contributed by atoms with Crippen LogP contribution in [-0.2, 0) is 22.9 Å². The third-order valence-corrected chi connectivity index (χ3v) is 5.78. The highest BCUT2D eigenvalue weighted by molar-refractivity contribution is 7.92. The molecule has 0 fully saturated rings. The maximum absolute atomic E-state index is 11.9. The summed E-state index contributed by atoms with van der Waals surface area (Å²) in [7, 11) is -2.98. The summed E-state index contributed by atoms with van der Waals surface area (Å²) < 4.78 is 23.8. The molecule has 0 aliphatic heterocycles. The van der Waals surface area contributed by atoms with Crippen LogP contribution < -0.4 is 5.73 Å². The lowest BCUT2D eigenvalue weighted by molar-refractivity contribution is 0.295. The van der Waals surface area contributed by atoms with Crippen molar-refractivity contribution in [3.63, 3.8) is 0 Å². The lowest BCUT2D eigenvalue weighted by Crippen LogP contribution is -2.31. The Morgan fingerprint density at radius 1 is 1.20 bits per heavy atom. The zero-order valence-corrected chi connectivity index (χ0v) is 13.5. The molecule has 114 valence electrons. The summed E-state index contributed by atoms with van der Waals surface area (Å²) in [6.07, 6.45) is 0. The van der Waals surface area contributed by atoms with Gasteiger partial charge < -0.3 is 5.73 Å². The molecule has 0 saturated carbocycles. The minimum atomic E-state index is -2.98. The molecular weight excluding hydrogens is 272 g/mol. The van der Waals surface area contributed by atoms with E-state index in [9.17, 15) is 8.42 Å². The van der Waals surface area contributed by atoms with Crippen molar-refractivity contribution >= 4 is 9.84 Å². The SMILES string of the molecule is CCN(CCS(=O)(=O)C(C)C)Cc1ccccc1CN. The molecule has 0 atom stereocenters. The predicted molar refractivity (Wildman–Crippen MR) is 84.2 cm³/mol. The van der Waals surface area contributed by atoms with E-state index in [0.717, 1.165) is 18.7 Å². The van der Waals surface area contributed by atoms with Crippen molar-refractivity contribution in [3.8, 4) is 0 Å². The molecule has 1 aromatic rings. The van der Waals surface area contributed by atoms with Gasteiger partial charge in [-0.15, -0.1) is 0 Å². The van der Waals surface area contributed by atoms with E-state index in [2.05, 4.69) is 11.0 Å². The minimum absolute atomic E-state index is 0.212. The topological polar surface area (TPSA) is 63.4 Å². The Balaban J connectivity index is 2.69. The molecule has 5 heteroatoms. The maximum atomic E-state index is 11.9. The molecule has 0 bridgehead atoms. The third-order valence-electron chi connectivity index (χ3n) is 3.59. The highest BCUT2D eigenvalue weighted by atomic mass is 32.2. The molecule has 0 aliphatic rings. The summed E-state index contributed by atoms with van der Waals surface area (Å²) in [5, 5.41) is -0.308. The van der Waals surface area contributed by atoms with E-state index in [1.165, 1.54) is 5.56 Å². The largest absolute Gasteiger partial charge is 0.326 e. The number of rotatable bonds is 8. The first-order valence-corrected chi connectivity index (χ1v) is 8.83. The Labute approximate surface area is 122 Å². The van der Waals surface area contributed by atoms with Crippen LogP contribution in [0.2, 0.25) is 0 Å². The Morgan fingerprint density at radius 2 is 1.80 bits per heavy atom. The van der Waals surface area contributed by atoms with Crippen LogP contribution in [0.1, 0.15) is 31.9 Å². The molecular formula is C15H26N2O2S. The highest BCUT2D eigenvalue weighted by Crippen LogP contribution is 2.12. The fraction of sp³-hybridized carbons (Fsp3) is 0.600. The van der Waals surface area contributed by atoms with Gasteiger partial charge in [0.15, 0.2) is 9.84 Å². The zero-order valence-electron chi connectivity index (χ0n) is 12.7. The molecule has 2 N–H and O–H groups in total. The Hall–Kier alpha value is -0.910. The first-order chi connectivity index (χ1) is 9.40. The summed E-state index contributed by atoms with van der Waals surface area (Å²) in [4.78, 5) is 2.15. The number of hydrogen-bond acceptors (Lipinski definition) is 4. The van der Waals surface area contributed by atoms with Gasteiger partial charge in [-0.2, -0.15) is 0 Å². The van der Waals surface area contributed by atoms with Crippen LogP contribution >= 0.6 is 0 Å². The van der Waals surface area contributed by atoms with Gasteiger partial charge in [0, 0.05) is 19.6 Å². The molecule has 0 aliphatic carbocycles. The number of nitrogens with two attached hydrogens (primary N) is 1. The Morgan fingerprint density at radius 3 is 2.30 bits per heavy atom. The number of sulfone groups is 1. The van der Waals surface area contributed by atoms with Gasteiger partial charge in [0.2, 0.25) is 0 Å². The quantitative estimate of drug-likeness (QED) is 0.795. The van der Waals surface area contributed by atoms with Crippen molar-refractivity contribution in [1.29, 1.82) is 0 Å². The van der Waals surface area contributed by atoms with E-state index in [-0.39, 0.29) is 11.0 Å². The van der Waals surface area contributed by atoms with Crippen molar-refractivity contribution in [2.24, 2.45) is 5.73 Å². The molecule has 0 saturated heterocycles. The molecule has 1 rings (SSSR count). The van der Waals surface area contributed by atoms with Crippen LogP contribution in [0.25, 0.3) is 0 Å². The van der Waals surface area contributed by atoms with E-state index in [4.69, 9.17) is 5.73 Å². The van der Waals surface area contributed by atoms with Crippen molar-refractivity contribution in [2.45, 2.75) is 39.1 Å². The van der Waals surface area contributed by atoms with E-state index in [1.54, 1.807) is 13.8 Å². The first-order valence-electron chi connectivity index (χ1n) is 7.11. The zero-order chi connectivity index (χ0) is 15.2. The molecule has 0 spiro atoms.